The Morgan fingerprint density at radius 2 is 2.21 bits per heavy atom. The van der Waals surface area contributed by atoms with Gasteiger partial charge in [0, 0.05) is 26.2 Å². The van der Waals surface area contributed by atoms with Crippen LogP contribution in [0.4, 0.5) is 0 Å². The van der Waals surface area contributed by atoms with E-state index in [2.05, 4.69) is 5.32 Å². The third-order valence-corrected chi connectivity index (χ3v) is 3.02. The zero-order valence-electron chi connectivity index (χ0n) is 8.66. The maximum absolute atomic E-state index is 11.8. The number of nitrogens with one attached hydrogen (secondary N) is 1. The average Bonchev–Trinajstić information content (AvgIpc) is 2.26. The number of piperazine rings is 1. The molecule has 0 aromatic rings. The lowest BCUT2D eigenvalue weighted by molar-refractivity contribution is -0.133. The number of nitrogens with two attached hydrogens (primary N) is 1. The molecule has 1 amide bonds. The van der Waals surface area contributed by atoms with Crippen molar-refractivity contribution in [3.05, 3.63) is 0 Å². The van der Waals surface area contributed by atoms with E-state index < -0.39 is 0 Å². The highest BCUT2D eigenvalue weighted by atomic mass is 32.2. The van der Waals surface area contributed by atoms with Crippen LogP contribution >= 0.6 is 11.8 Å². The second kappa shape index (κ2) is 6.27. The first-order valence-corrected chi connectivity index (χ1v) is 6.39. The van der Waals surface area contributed by atoms with Crippen LogP contribution in [0.25, 0.3) is 0 Å². The Kier molecular flexibility index (Phi) is 5.29. The highest BCUT2D eigenvalue weighted by Gasteiger charge is 2.21. The average molecular weight is 217 g/mol. The highest BCUT2D eigenvalue weighted by Crippen LogP contribution is 2.03. The maximum atomic E-state index is 11.8. The van der Waals surface area contributed by atoms with Crippen molar-refractivity contribution in [1.82, 2.24) is 10.2 Å². The fourth-order valence-corrected chi connectivity index (χ4v) is 1.98. The van der Waals surface area contributed by atoms with Crippen LogP contribution in [0.5, 0.6) is 0 Å². The number of hydrogen-bond acceptors (Lipinski definition) is 4. The van der Waals surface area contributed by atoms with Crippen LogP contribution in [-0.4, -0.2) is 55.0 Å². The molecule has 1 heterocycles. The first kappa shape index (κ1) is 11.8. The van der Waals surface area contributed by atoms with Gasteiger partial charge in [0.2, 0.25) is 5.91 Å². The molecule has 3 N–H and O–H groups in total. The van der Waals surface area contributed by atoms with E-state index in [0.717, 1.165) is 38.4 Å². The van der Waals surface area contributed by atoms with Gasteiger partial charge in [0.15, 0.2) is 0 Å². The van der Waals surface area contributed by atoms with Crippen molar-refractivity contribution in [1.29, 1.82) is 0 Å². The molecule has 1 aliphatic heterocycles. The van der Waals surface area contributed by atoms with Gasteiger partial charge in [0.25, 0.3) is 0 Å². The Bertz CT molecular complexity index is 183. The van der Waals surface area contributed by atoms with E-state index in [0.29, 0.717) is 0 Å². The predicted octanol–water partition coefficient (Wildman–Crippen LogP) is -0.501. The summed E-state index contributed by atoms with van der Waals surface area (Å²) in [4.78, 5) is 13.6. The van der Waals surface area contributed by atoms with Crippen molar-refractivity contribution in [2.24, 2.45) is 5.73 Å². The molecule has 1 saturated heterocycles. The van der Waals surface area contributed by atoms with Gasteiger partial charge < -0.3 is 16.0 Å². The van der Waals surface area contributed by atoms with Crippen molar-refractivity contribution < 1.29 is 4.79 Å². The fourth-order valence-electron chi connectivity index (χ4n) is 1.49. The molecule has 1 fully saturated rings. The SMILES string of the molecule is CSCC[C@H](N)C(=O)N1CCNCC1. The molecule has 0 aliphatic carbocycles. The Balaban J connectivity index is 2.30. The van der Waals surface area contributed by atoms with Gasteiger partial charge in [-0.25, -0.2) is 0 Å². The van der Waals surface area contributed by atoms with Gasteiger partial charge >= 0.3 is 0 Å². The molecule has 1 aliphatic rings. The molecule has 0 bridgehead atoms. The van der Waals surface area contributed by atoms with E-state index in [-0.39, 0.29) is 11.9 Å². The Hall–Kier alpha value is -0.260. The number of rotatable bonds is 4. The maximum Gasteiger partial charge on any atom is 0.239 e. The van der Waals surface area contributed by atoms with Crippen molar-refractivity contribution in [3.63, 3.8) is 0 Å². The van der Waals surface area contributed by atoms with Crippen LogP contribution < -0.4 is 11.1 Å². The molecule has 1 rings (SSSR count). The van der Waals surface area contributed by atoms with Crippen molar-refractivity contribution in [2.75, 3.05) is 38.2 Å². The summed E-state index contributed by atoms with van der Waals surface area (Å²) in [6.45, 7) is 3.37. The molecule has 1 atom stereocenters. The topological polar surface area (TPSA) is 58.4 Å². The van der Waals surface area contributed by atoms with E-state index in [9.17, 15) is 4.79 Å². The highest BCUT2D eigenvalue weighted by molar-refractivity contribution is 7.98. The number of nitrogens with zero attached hydrogens (tertiary/aromatic N) is 1. The van der Waals surface area contributed by atoms with Gasteiger partial charge in [0.1, 0.15) is 0 Å². The summed E-state index contributed by atoms with van der Waals surface area (Å²) < 4.78 is 0. The van der Waals surface area contributed by atoms with Crippen molar-refractivity contribution >= 4 is 17.7 Å². The summed E-state index contributed by atoms with van der Waals surface area (Å²) in [7, 11) is 0. The van der Waals surface area contributed by atoms with E-state index in [1.165, 1.54) is 0 Å². The third kappa shape index (κ3) is 3.48. The summed E-state index contributed by atoms with van der Waals surface area (Å²) in [5.74, 6) is 1.07. The lowest BCUT2D eigenvalue weighted by Crippen LogP contribution is -2.52. The monoisotopic (exact) mass is 217 g/mol. The molecule has 4 nitrogen and oxygen atoms in total. The third-order valence-electron chi connectivity index (χ3n) is 2.38. The predicted molar refractivity (Wildman–Crippen MR) is 60.4 cm³/mol. The van der Waals surface area contributed by atoms with E-state index in [1.807, 2.05) is 11.2 Å². The lowest BCUT2D eigenvalue weighted by atomic mass is 10.2. The number of carbonyl (C=O) groups is 1. The standard InChI is InChI=1S/C9H19N3OS/c1-14-7-2-8(10)9(13)12-5-3-11-4-6-12/h8,11H,2-7,10H2,1H3/t8-/m0/s1. The second-order valence-corrected chi connectivity index (χ2v) is 4.45. The Morgan fingerprint density at radius 3 is 2.79 bits per heavy atom. The molecule has 0 aromatic carbocycles. The summed E-state index contributed by atoms with van der Waals surface area (Å²) >= 11 is 1.73. The van der Waals surface area contributed by atoms with Gasteiger partial charge in [-0.1, -0.05) is 0 Å². The van der Waals surface area contributed by atoms with Gasteiger partial charge in [-0.15, -0.1) is 0 Å². The minimum Gasteiger partial charge on any atom is -0.339 e. The van der Waals surface area contributed by atoms with E-state index in [4.69, 9.17) is 5.73 Å². The molecule has 0 spiro atoms. The molecule has 0 saturated carbocycles. The minimum atomic E-state index is -0.305. The first-order valence-electron chi connectivity index (χ1n) is 4.99. The van der Waals surface area contributed by atoms with E-state index >= 15 is 0 Å². The van der Waals surface area contributed by atoms with Crippen molar-refractivity contribution in [2.45, 2.75) is 12.5 Å². The van der Waals surface area contributed by atoms with E-state index in [1.54, 1.807) is 11.8 Å². The molecule has 0 unspecified atom stereocenters. The molecule has 0 aromatic heterocycles. The van der Waals surface area contributed by atoms with Gasteiger partial charge in [-0.3, -0.25) is 4.79 Å². The number of thioether (sulfide) groups is 1. The summed E-state index contributed by atoms with van der Waals surface area (Å²) in [6, 6.07) is -0.305. The van der Waals surface area contributed by atoms with Gasteiger partial charge in [-0.2, -0.15) is 11.8 Å². The quantitative estimate of drug-likeness (QED) is 0.666. The number of amides is 1. The summed E-state index contributed by atoms with van der Waals surface area (Å²) in [5.41, 5.74) is 5.81. The van der Waals surface area contributed by atoms with Crippen LogP contribution in [0, 0.1) is 0 Å². The molecule has 5 heteroatoms. The lowest BCUT2D eigenvalue weighted by Gasteiger charge is -2.29. The first-order chi connectivity index (χ1) is 6.75. The second-order valence-electron chi connectivity index (χ2n) is 3.46. The largest absolute Gasteiger partial charge is 0.339 e. The van der Waals surface area contributed by atoms with Crippen LogP contribution in [0.1, 0.15) is 6.42 Å². The molecule has 82 valence electrons. The van der Waals surface area contributed by atoms with Gasteiger partial charge in [-0.05, 0) is 18.4 Å². The molecule has 0 radical (unpaired) electrons. The Morgan fingerprint density at radius 1 is 1.57 bits per heavy atom. The zero-order valence-corrected chi connectivity index (χ0v) is 9.48. The van der Waals surface area contributed by atoms with Crippen LogP contribution in [0.2, 0.25) is 0 Å². The van der Waals surface area contributed by atoms with Gasteiger partial charge in [0.05, 0.1) is 6.04 Å². The Labute approximate surface area is 89.6 Å². The fraction of sp³-hybridized carbons (Fsp3) is 0.889. The zero-order chi connectivity index (χ0) is 10.4. The number of carbonyl (C=O) groups excluding carboxylic acids is 1. The molecule has 14 heavy (non-hydrogen) atoms. The van der Waals surface area contributed by atoms with Crippen LogP contribution in [0.3, 0.4) is 0 Å². The van der Waals surface area contributed by atoms with Crippen molar-refractivity contribution in [3.8, 4) is 0 Å². The smallest absolute Gasteiger partial charge is 0.239 e. The number of hydrogen-bond donors (Lipinski definition) is 2. The molecular formula is C9H19N3OS. The minimum absolute atomic E-state index is 0.112. The van der Waals surface area contributed by atoms with Crippen LogP contribution in [0.15, 0.2) is 0 Å². The normalized spacial score (nSPS) is 19.4. The molecular weight excluding hydrogens is 198 g/mol. The van der Waals surface area contributed by atoms with Crippen LogP contribution in [-0.2, 0) is 4.79 Å². The summed E-state index contributed by atoms with van der Waals surface area (Å²) in [6.07, 6.45) is 2.81. The summed E-state index contributed by atoms with van der Waals surface area (Å²) in [5, 5.41) is 3.21.